The average molecular weight is 294 g/mol. The van der Waals surface area contributed by atoms with E-state index in [0.717, 1.165) is 22.7 Å². The number of aromatic nitrogens is 2. The summed E-state index contributed by atoms with van der Waals surface area (Å²) in [7, 11) is 0. The summed E-state index contributed by atoms with van der Waals surface area (Å²) in [6.45, 7) is 2.45. The Morgan fingerprint density at radius 2 is 1.77 bits per heavy atom. The monoisotopic (exact) mass is 294 g/mol. The highest BCUT2D eigenvalue weighted by Crippen LogP contribution is 2.19. The highest BCUT2D eigenvalue weighted by Gasteiger charge is 2.07. The van der Waals surface area contributed by atoms with Gasteiger partial charge in [-0.1, -0.05) is 30.3 Å². The first-order valence-electron chi connectivity index (χ1n) is 7.19. The minimum Gasteiger partial charge on any atom is -0.489 e. The summed E-state index contributed by atoms with van der Waals surface area (Å²) < 4.78 is 7.73. The maximum absolute atomic E-state index is 9.21. The fraction of sp³-hybridized carbons (Fsp3) is 0.167. The predicted molar refractivity (Wildman–Crippen MR) is 85.0 cm³/mol. The fourth-order valence-electron chi connectivity index (χ4n) is 2.31. The zero-order chi connectivity index (χ0) is 15.4. The van der Waals surface area contributed by atoms with Gasteiger partial charge in [0.1, 0.15) is 12.4 Å². The minimum absolute atomic E-state index is 0.0445. The third-order valence-electron chi connectivity index (χ3n) is 3.62. The lowest BCUT2D eigenvalue weighted by Gasteiger charge is -2.09. The Morgan fingerprint density at radius 1 is 1.05 bits per heavy atom. The van der Waals surface area contributed by atoms with Crippen LogP contribution in [0.3, 0.4) is 0 Å². The molecule has 0 aliphatic rings. The van der Waals surface area contributed by atoms with Crippen molar-refractivity contribution in [3.8, 4) is 11.4 Å². The van der Waals surface area contributed by atoms with Gasteiger partial charge in [-0.15, -0.1) is 0 Å². The van der Waals surface area contributed by atoms with E-state index in [-0.39, 0.29) is 6.61 Å². The minimum atomic E-state index is -0.0445. The maximum atomic E-state index is 9.21. The largest absolute Gasteiger partial charge is 0.489 e. The van der Waals surface area contributed by atoms with E-state index in [1.54, 1.807) is 6.33 Å². The van der Waals surface area contributed by atoms with E-state index >= 15 is 0 Å². The van der Waals surface area contributed by atoms with Crippen LogP contribution < -0.4 is 4.74 Å². The van der Waals surface area contributed by atoms with Crippen molar-refractivity contribution >= 4 is 0 Å². The van der Waals surface area contributed by atoms with Gasteiger partial charge in [0.25, 0.3) is 0 Å². The van der Waals surface area contributed by atoms with E-state index in [1.807, 2.05) is 66.1 Å². The van der Waals surface area contributed by atoms with Gasteiger partial charge in [-0.2, -0.15) is 0 Å². The number of benzene rings is 2. The predicted octanol–water partition coefficient (Wildman–Crippen LogP) is 3.25. The number of hydrogen-bond donors (Lipinski definition) is 1. The van der Waals surface area contributed by atoms with Gasteiger partial charge in [0, 0.05) is 11.4 Å². The summed E-state index contributed by atoms with van der Waals surface area (Å²) in [5, 5.41) is 9.21. The smallest absolute Gasteiger partial charge is 0.119 e. The van der Waals surface area contributed by atoms with Gasteiger partial charge >= 0.3 is 0 Å². The first-order chi connectivity index (χ1) is 10.8. The second-order valence-corrected chi connectivity index (χ2v) is 5.07. The third-order valence-corrected chi connectivity index (χ3v) is 3.62. The molecule has 0 amide bonds. The first kappa shape index (κ1) is 14.4. The summed E-state index contributed by atoms with van der Waals surface area (Å²) in [6, 6.07) is 17.9. The zero-order valence-electron chi connectivity index (χ0n) is 12.4. The summed E-state index contributed by atoms with van der Waals surface area (Å²) in [4.78, 5) is 4.19. The highest BCUT2D eigenvalue weighted by atomic mass is 16.5. The summed E-state index contributed by atoms with van der Waals surface area (Å²) in [5.41, 5.74) is 3.78. The third kappa shape index (κ3) is 3.02. The van der Waals surface area contributed by atoms with Crippen molar-refractivity contribution in [1.29, 1.82) is 0 Å². The summed E-state index contributed by atoms with van der Waals surface area (Å²) >= 11 is 0. The SMILES string of the molecule is Cc1c(CO)ncn1-c1ccc(OCc2ccccc2)cc1. The molecule has 0 radical (unpaired) electrons. The summed E-state index contributed by atoms with van der Waals surface area (Å²) in [5.74, 6) is 0.827. The number of hydrogen-bond acceptors (Lipinski definition) is 3. The number of rotatable bonds is 5. The van der Waals surface area contributed by atoms with Crippen molar-refractivity contribution in [3.63, 3.8) is 0 Å². The maximum Gasteiger partial charge on any atom is 0.119 e. The van der Waals surface area contributed by atoms with E-state index in [2.05, 4.69) is 4.98 Å². The van der Waals surface area contributed by atoms with E-state index in [9.17, 15) is 5.11 Å². The standard InChI is InChI=1S/C18H18N2O2/c1-14-18(11-21)19-13-20(14)16-7-9-17(10-8-16)22-12-15-5-3-2-4-6-15/h2-10,13,21H,11-12H2,1H3. The van der Waals surface area contributed by atoms with Crippen LogP contribution in [-0.2, 0) is 13.2 Å². The molecule has 1 aromatic heterocycles. The van der Waals surface area contributed by atoms with Crippen LogP contribution in [0.4, 0.5) is 0 Å². The molecule has 3 rings (SSSR count). The molecule has 0 aliphatic heterocycles. The first-order valence-corrected chi connectivity index (χ1v) is 7.19. The Kier molecular flexibility index (Phi) is 4.21. The van der Waals surface area contributed by atoms with Gasteiger partial charge in [-0.05, 0) is 36.8 Å². The molecular weight excluding hydrogens is 276 g/mol. The van der Waals surface area contributed by atoms with Crippen LogP contribution in [0.25, 0.3) is 5.69 Å². The van der Waals surface area contributed by atoms with Crippen LogP contribution in [0, 0.1) is 6.92 Å². The molecular formula is C18H18N2O2. The Bertz CT molecular complexity index is 734. The van der Waals surface area contributed by atoms with Crippen molar-refractivity contribution in [2.24, 2.45) is 0 Å². The van der Waals surface area contributed by atoms with Crippen molar-refractivity contribution < 1.29 is 9.84 Å². The van der Waals surface area contributed by atoms with Gasteiger partial charge in [0.05, 0.1) is 18.6 Å². The molecule has 0 saturated heterocycles. The van der Waals surface area contributed by atoms with Crippen LogP contribution in [0.2, 0.25) is 0 Å². The molecule has 0 atom stereocenters. The zero-order valence-corrected chi connectivity index (χ0v) is 12.4. The Balaban J connectivity index is 1.71. The van der Waals surface area contributed by atoms with Gasteiger partial charge in [0.2, 0.25) is 0 Å². The van der Waals surface area contributed by atoms with Gasteiger partial charge in [-0.3, -0.25) is 0 Å². The molecule has 112 valence electrons. The Morgan fingerprint density at radius 3 is 2.41 bits per heavy atom. The number of aliphatic hydroxyl groups excluding tert-OH is 1. The normalized spacial score (nSPS) is 10.6. The molecule has 3 aromatic rings. The van der Waals surface area contributed by atoms with E-state index in [0.29, 0.717) is 12.3 Å². The average Bonchev–Trinajstić information content (AvgIpc) is 2.95. The van der Waals surface area contributed by atoms with E-state index < -0.39 is 0 Å². The Labute approximate surface area is 129 Å². The van der Waals surface area contributed by atoms with Gasteiger partial charge < -0.3 is 14.4 Å². The van der Waals surface area contributed by atoms with E-state index in [1.165, 1.54) is 0 Å². The van der Waals surface area contributed by atoms with Crippen molar-refractivity contribution in [1.82, 2.24) is 9.55 Å². The molecule has 1 heterocycles. The number of aliphatic hydroxyl groups is 1. The number of imidazole rings is 1. The van der Waals surface area contributed by atoms with Crippen LogP contribution in [0.15, 0.2) is 60.9 Å². The summed E-state index contributed by atoms with van der Waals surface area (Å²) in [6.07, 6.45) is 1.72. The topological polar surface area (TPSA) is 47.3 Å². The molecule has 22 heavy (non-hydrogen) atoms. The molecule has 0 saturated carbocycles. The molecule has 4 nitrogen and oxygen atoms in total. The van der Waals surface area contributed by atoms with Crippen molar-refractivity contribution in [2.75, 3.05) is 0 Å². The molecule has 0 aliphatic carbocycles. The highest BCUT2D eigenvalue weighted by molar-refractivity contribution is 5.39. The lowest BCUT2D eigenvalue weighted by atomic mass is 10.2. The van der Waals surface area contributed by atoms with Crippen molar-refractivity contribution in [3.05, 3.63) is 77.9 Å². The molecule has 0 unspecified atom stereocenters. The molecule has 4 heteroatoms. The lowest BCUT2D eigenvalue weighted by molar-refractivity contribution is 0.276. The van der Waals surface area contributed by atoms with Gasteiger partial charge in [0.15, 0.2) is 0 Å². The second kappa shape index (κ2) is 6.45. The molecule has 0 fully saturated rings. The fourth-order valence-corrected chi connectivity index (χ4v) is 2.31. The quantitative estimate of drug-likeness (QED) is 0.785. The van der Waals surface area contributed by atoms with Crippen LogP contribution in [0.1, 0.15) is 17.0 Å². The van der Waals surface area contributed by atoms with Gasteiger partial charge in [-0.25, -0.2) is 4.98 Å². The second-order valence-electron chi connectivity index (χ2n) is 5.07. The van der Waals surface area contributed by atoms with Crippen LogP contribution in [0.5, 0.6) is 5.75 Å². The molecule has 2 aromatic carbocycles. The van der Waals surface area contributed by atoms with Crippen molar-refractivity contribution in [2.45, 2.75) is 20.1 Å². The number of ether oxygens (including phenoxy) is 1. The number of nitrogens with zero attached hydrogens (tertiary/aromatic N) is 2. The molecule has 0 spiro atoms. The van der Waals surface area contributed by atoms with E-state index in [4.69, 9.17) is 4.74 Å². The van der Waals surface area contributed by atoms with Crippen LogP contribution in [-0.4, -0.2) is 14.7 Å². The molecule has 1 N–H and O–H groups in total. The Hall–Kier alpha value is -2.59. The van der Waals surface area contributed by atoms with Crippen LogP contribution >= 0.6 is 0 Å². The molecule has 0 bridgehead atoms. The lowest BCUT2D eigenvalue weighted by Crippen LogP contribution is -1.98.